The molecule has 0 aliphatic heterocycles. The van der Waals surface area contributed by atoms with E-state index in [2.05, 4.69) is 43.7 Å². The van der Waals surface area contributed by atoms with Crippen LogP contribution in [0.5, 0.6) is 0 Å². The fourth-order valence-corrected chi connectivity index (χ4v) is 2.79. The van der Waals surface area contributed by atoms with E-state index in [1.54, 1.807) is 0 Å². The molecular formula is C15H25NOS. The second-order valence-electron chi connectivity index (χ2n) is 5.82. The Morgan fingerprint density at radius 2 is 1.89 bits per heavy atom. The van der Waals surface area contributed by atoms with Gasteiger partial charge in [0.1, 0.15) is 0 Å². The van der Waals surface area contributed by atoms with Crippen molar-refractivity contribution in [3.8, 4) is 0 Å². The zero-order chi connectivity index (χ0) is 13.9. The van der Waals surface area contributed by atoms with Gasteiger partial charge in [-0.1, -0.05) is 30.7 Å². The van der Waals surface area contributed by atoms with Crippen LogP contribution in [0.3, 0.4) is 0 Å². The first-order valence-electron chi connectivity index (χ1n) is 6.51. The summed E-state index contributed by atoms with van der Waals surface area (Å²) in [5, 5.41) is 0. The molecule has 3 heteroatoms. The van der Waals surface area contributed by atoms with Crippen molar-refractivity contribution in [2.75, 3.05) is 0 Å². The van der Waals surface area contributed by atoms with Crippen LogP contribution in [0.1, 0.15) is 56.8 Å². The molecule has 0 amide bonds. The molecular weight excluding hydrogens is 242 g/mol. The SMILES string of the molecule is CCC(NS(=O)C(C)(C)C)c1ccc(C)cc1C. The van der Waals surface area contributed by atoms with E-state index < -0.39 is 11.0 Å². The predicted octanol–water partition coefficient (Wildman–Crippen LogP) is 3.81. The molecule has 0 aliphatic rings. The minimum Gasteiger partial charge on any atom is -0.242 e. The molecule has 0 spiro atoms. The number of nitrogens with one attached hydrogen (secondary N) is 1. The molecule has 2 atom stereocenters. The van der Waals surface area contributed by atoms with Gasteiger partial charge in [-0.25, -0.2) is 8.93 Å². The maximum absolute atomic E-state index is 12.2. The topological polar surface area (TPSA) is 29.1 Å². The highest BCUT2D eigenvalue weighted by molar-refractivity contribution is 7.84. The zero-order valence-electron chi connectivity index (χ0n) is 12.3. The summed E-state index contributed by atoms with van der Waals surface area (Å²) in [4.78, 5) is 0. The minimum absolute atomic E-state index is 0.158. The highest BCUT2D eigenvalue weighted by Gasteiger charge is 2.23. The third kappa shape index (κ3) is 3.92. The van der Waals surface area contributed by atoms with E-state index in [0.29, 0.717) is 0 Å². The average Bonchev–Trinajstić information content (AvgIpc) is 2.25. The van der Waals surface area contributed by atoms with E-state index in [1.807, 2.05) is 20.8 Å². The van der Waals surface area contributed by atoms with Crippen LogP contribution in [0, 0.1) is 13.8 Å². The van der Waals surface area contributed by atoms with E-state index >= 15 is 0 Å². The number of hydrogen-bond donors (Lipinski definition) is 1. The van der Waals surface area contributed by atoms with Crippen molar-refractivity contribution in [2.45, 2.75) is 58.8 Å². The first kappa shape index (κ1) is 15.4. The molecule has 1 aromatic rings. The molecule has 0 radical (unpaired) electrons. The third-order valence-electron chi connectivity index (χ3n) is 3.01. The maximum Gasteiger partial charge on any atom is 0.0975 e. The van der Waals surface area contributed by atoms with Crippen LogP contribution in [0.2, 0.25) is 0 Å². The van der Waals surface area contributed by atoms with Crippen LogP contribution >= 0.6 is 0 Å². The summed E-state index contributed by atoms with van der Waals surface area (Å²) in [6.45, 7) is 12.3. The fourth-order valence-electron chi connectivity index (χ4n) is 1.89. The van der Waals surface area contributed by atoms with Crippen molar-refractivity contribution in [3.05, 3.63) is 34.9 Å². The van der Waals surface area contributed by atoms with Crippen LogP contribution < -0.4 is 4.72 Å². The van der Waals surface area contributed by atoms with E-state index in [1.165, 1.54) is 16.7 Å². The fraction of sp³-hybridized carbons (Fsp3) is 0.600. The first-order chi connectivity index (χ1) is 8.25. The van der Waals surface area contributed by atoms with Crippen molar-refractivity contribution < 1.29 is 4.21 Å². The molecule has 0 heterocycles. The molecule has 1 aromatic carbocycles. The Balaban J connectivity index is 2.93. The molecule has 0 fully saturated rings. The summed E-state index contributed by atoms with van der Waals surface area (Å²) in [5.41, 5.74) is 3.78. The lowest BCUT2D eigenvalue weighted by Crippen LogP contribution is -2.35. The first-order valence-corrected chi connectivity index (χ1v) is 7.66. The Morgan fingerprint density at radius 1 is 1.28 bits per heavy atom. The van der Waals surface area contributed by atoms with Gasteiger partial charge in [0.2, 0.25) is 0 Å². The number of aryl methyl sites for hydroxylation is 2. The summed E-state index contributed by atoms with van der Waals surface area (Å²) in [6, 6.07) is 6.60. The van der Waals surface area contributed by atoms with Gasteiger partial charge in [0.05, 0.1) is 15.7 Å². The van der Waals surface area contributed by atoms with Gasteiger partial charge in [0, 0.05) is 6.04 Å². The lowest BCUT2D eigenvalue weighted by Gasteiger charge is -2.25. The highest BCUT2D eigenvalue weighted by Crippen LogP contribution is 2.23. The molecule has 102 valence electrons. The Kier molecular flexibility index (Phi) is 5.11. The molecule has 0 bridgehead atoms. The summed E-state index contributed by atoms with van der Waals surface area (Å²) in [5.74, 6) is 0. The van der Waals surface area contributed by atoms with E-state index in [4.69, 9.17) is 0 Å². The van der Waals surface area contributed by atoms with Gasteiger partial charge >= 0.3 is 0 Å². The Morgan fingerprint density at radius 3 is 2.33 bits per heavy atom. The lowest BCUT2D eigenvalue weighted by molar-refractivity contribution is 0.587. The largest absolute Gasteiger partial charge is 0.242 e. The van der Waals surface area contributed by atoms with Gasteiger partial charge < -0.3 is 0 Å². The van der Waals surface area contributed by atoms with Gasteiger partial charge in [-0.15, -0.1) is 0 Å². The van der Waals surface area contributed by atoms with Crippen LogP contribution in [0.15, 0.2) is 18.2 Å². The van der Waals surface area contributed by atoms with Crippen LogP contribution in [0.4, 0.5) is 0 Å². The third-order valence-corrected chi connectivity index (χ3v) is 4.63. The smallest absolute Gasteiger partial charge is 0.0975 e. The molecule has 1 N–H and O–H groups in total. The van der Waals surface area contributed by atoms with Gasteiger partial charge in [0.15, 0.2) is 0 Å². The van der Waals surface area contributed by atoms with Gasteiger partial charge in [-0.3, -0.25) is 0 Å². The molecule has 1 rings (SSSR count). The molecule has 0 aromatic heterocycles. The normalized spacial score (nSPS) is 15.4. The van der Waals surface area contributed by atoms with E-state index in [-0.39, 0.29) is 10.8 Å². The monoisotopic (exact) mass is 267 g/mol. The maximum atomic E-state index is 12.2. The van der Waals surface area contributed by atoms with Gasteiger partial charge in [0.25, 0.3) is 0 Å². The average molecular weight is 267 g/mol. The molecule has 0 saturated heterocycles. The summed E-state index contributed by atoms with van der Waals surface area (Å²) in [7, 11) is -1.03. The molecule has 2 nitrogen and oxygen atoms in total. The van der Waals surface area contributed by atoms with Gasteiger partial charge in [-0.2, -0.15) is 0 Å². The number of benzene rings is 1. The summed E-state index contributed by atoms with van der Waals surface area (Å²) in [6.07, 6.45) is 0.936. The molecule has 0 aliphatic carbocycles. The van der Waals surface area contributed by atoms with Crippen molar-refractivity contribution >= 4 is 11.0 Å². The highest BCUT2D eigenvalue weighted by atomic mass is 32.2. The second kappa shape index (κ2) is 5.98. The Bertz CT molecular complexity index is 435. The Hall–Kier alpha value is -0.670. The molecule has 2 unspecified atom stereocenters. The van der Waals surface area contributed by atoms with Crippen molar-refractivity contribution in [2.24, 2.45) is 0 Å². The van der Waals surface area contributed by atoms with Crippen LogP contribution in [-0.2, 0) is 11.0 Å². The lowest BCUT2D eigenvalue weighted by atomic mass is 9.98. The van der Waals surface area contributed by atoms with E-state index in [0.717, 1.165) is 6.42 Å². The molecule has 18 heavy (non-hydrogen) atoms. The number of hydrogen-bond acceptors (Lipinski definition) is 1. The predicted molar refractivity (Wildman–Crippen MR) is 80.0 cm³/mol. The van der Waals surface area contributed by atoms with Gasteiger partial charge in [-0.05, 0) is 52.2 Å². The van der Waals surface area contributed by atoms with Crippen molar-refractivity contribution in [3.63, 3.8) is 0 Å². The zero-order valence-corrected chi connectivity index (χ0v) is 13.1. The van der Waals surface area contributed by atoms with Crippen molar-refractivity contribution in [1.82, 2.24) is 4.72 Å². The standard InChI is InChI=1S/C15H25NOS/c1-7-14(16-18(17)15(4,5)6)13-9-8-11(2)10-12(13)3/h8-10,14,16H,7H2,1-6H3. The summed E-state index contributed by atoms with van der Waals surface area (Å²) < 4.78 is 15.2. The Labute approximate surface area is 114 Å². The number of rotatable bonds is 4. The minimum atomic E-state index is -1.03. The second-order valence-corrected chi connectivity index (χ2v) is 7.82. The summed E-state index contributed by atoms with van der Waals surface area (Å²) >= 11 is 0. The molecule has 0 saturated carbocycles. The van der Waals surface area contributed by atoms with Crippen LogP contribution in [0.25, 0.3) is 0 Å². The van der Waals surface area contributed by atoms with E-state index in [9.17, 15) is 4.21 Å². The van der Waals surface area contributed by atoms with Crippen molar-refractivity contribution in [1.29, 1.82) is 0 Å². The quantitative estimate of drug-likeness (QED) is 0.883. The van der Waals surface area contributed by atoms with Crippen LogP contribution in [-0.4, -0.2) is 8.96 Å².